The number of hydrogen-bond donors (Lipinski definition) is 1. The molecule has 1 unspecified atom stereocenters. The van der Waals surface area contributed by atoms with Crippen LogP contribution in [0.4, 0.5) is 0 Å². The molecule has 2 heterocycles. The first kappa shape index (κ1) is 13.6. The van der Waals surface area contributed by atoms with E-state index in [0.29, 0.717) is 11.4 Å². The van der Waals surface area contributed by atoms with Crippen LogP contribution in [0.1, 0.15) is 22.9 Å². The molecule has 0 radical (unpaired) electrons. The van der Waals surface area contributed by atoms with Crippen LogP contribution in [0.2, 0.25) is 0 Å². The molecular formula is C16H17N3O2. The minimum atomic E-state index is -0.827. The molecule has 0 bridgehead atoms. The molecule has 21 heavy (non-hydrogen) atoms. The standard InChI is InChI=1S/C16H17N3O2/c1-10-14(16(21-3)19(2)18-10)15(20)13-9-17-8-11-6-4-5-7-12(11)13/h4-9,15,20H,1-3H3. The third-order valence-corrected chi connectivity index (χ3v) is 3.67. The maximum Gasteiger partial charge on any atom is 0.217 e. The zero-order chi connectivity index (χ0) is 15.0. The molecule has 0 aliphatic heterocycles. The Bertz CT molecular complexity index is 790. The highest BCUT2D eigenvalue weighted by molar-refractivity contribution is 5.85. The number of aromatic nitrogens is 3. The SMILES string of the molecule is COc1c(C(O)c2cncc3ccccc23)c(C)nn1C. The van der Waals surface area contributed by atoms with Crippen LogP contribution in [0.25, 0.3) is 10.8 Å². The molecule has 0 saturated carbocycles. The van der Waals surface area contributed by atoms with Crippen LogP contribution >= 0.6 is 0 Å². The van der Waals surface area contributed by atoms with E-state index in [9.17, 15) is 5.11 Å². The van der Waals surface area contributed by atoms with Crippen LogP contribution in [0, 0.1) is 6.92 Å². The monoisotopic (exact) mass is 283 g/mol. The van der Waals surface area contributed by atoms with Crippen LogP contribution in [-0.2, 0) is 7.05 Å². The second-order valence-electron chi connectivity index (χ2n) is 4.98. The number of nitrogens with zero attached hydrogens (tertiary/aromatic N) is 3. The summed E-state index contributed by atoms with van der Waals surface area (Å²) in [7, 11) is 3.37. The molecule has 5 heteroatoms. The van der Waals surface area contributed by atoms with Gasteiger partial charge in [-0.25, -0.2) is 4.68 Å². The zero-order valence-corrected chi connectivity index (χ0v) is 12.2. The lowest BCUT2D eigenvalue weighted by Crippen LogP contribution is -2.05. The molecular weight excluding hydrogens is 266 g/mol. The minimum absolute atomic E-state index is 0.563. The number of aliphatic hydroxyl groups is 1. The summed E-state index contributed by atoms with van der Waals surface area (Å²) >= 11 is 0. The van der Waals surface area contributed by atoms with Crippen molar-refractivity contribution in [2.24, 2.45) is 7.05 Å². The third-order valence-electron chi connectivity index (χ3n) is 3.67. The van der Waals surface area contributed by atoms with E-state index in [-0.39, 0.29) is 0 Å². The summed E-state index contributed by atoms with van der Waals surface area (Å²) in [4.78, 5) is 4.22. The zero-order valence-electron chi connectivity index (χ0n) is 12.2. The molecule has 0 aliphatic rings. The molecule has 1 N–H and O–H groups in total. The Morgan fingerprint density at radius 2 is 2.00 bits per heavy atom. The lowest BCUT2D eigenvalue weighted by Gasteiger charge is -2.14. The predicted octanol–water partition coefficient (Wildman–Crippen LogP) is 2.37. The van der Waals surface area contributed by atoms with Gasteiger partial charge in [0.25, 0.3) is 0 Å². The van der Waals surface area contributed by atoms with Crippen LogP contribution in [0.5, 0.6) is 5.88 Å². The highest BCUT2D eigenvalue weighted by Crippen LogP contribution is 2.34. The van der Waals surface area contributed by atoms with Gasteiger partial charge in [-0.2, -0.15) is 5.10 Å². The van der Waals surface area contributed by atoms with Gasteiger partial charge in [-0.1, -0.05) is 24.3 Å². The first-order valence-corrected chi connectivity index (χ1v) is 6.71. The fourth-order valence-corrected chi connectivity index (χ4v) is 2.72. The van der Waals surface area contributed by atoms with Crippen LogP contribution < -0.4 is 4.74 Å². The van der Waals surface area contributed by atoms with E-state index in [2.05, 4.69) is 10.1 Å². The van der Waals surface area contributed by atoms with E-state index in [1.54, 1.807) is 31.2 Å². The van der Waals surface area contributed by atoms with Crippen LogP contribution in [0.3, 0.4) is 0 Å². The average Bonchev–Trinajstić information content (AvgIpc) is 2.79. The van der Waals surface area contributed by atoms with Crippen LogP contribution in [0.15, 0.2) is 36.7 Å². The van der Waals surface area contributed by atoms with E-state index in [0.717, 1.165) is 22.0 Å². The lowest BCUT2D eigenvalue weighted by atomic mass is 9.98. The molecule has 3 rings (SSSR count). The Kier molecular flexibility index (Phi) is 3.35. The van der Waals surface area contributed by atoms with E-state index in [1.807, 2.05) is 31.2 Å². The molecule has 0 aliphatic carbocycles. The Morgan fingerprint density at radius 3 is 2.76 bits per heavy atom. The summed E-state index contributed by atoms with van der Waals surface area (Å²) in [6, 6.07) is 7.86. The van der Waals surface area contributed by atoms with E-state index in [1.165, 1.54) is 0 Å². The van der Waals surface area contributed by atoms with Gasteiger partial charge in [0.1, 0.15) is 6.10 Å². The molecule has 0 saturated heterocycles. The number of pyridine rings is 1. The van der Waals surface area contributed by atoms with Gasteiger partial charge in [0.2, 0.25) is 5.88 Å². The van der Waals surface area contributed by atoms with E-state index >= 15 is 0 Å². The molecule has 108 valence electrons. The molecule has 1 atom stereocenters. The Hall–Kier alpha value is -2.40. The average molecular weight is 283 g/mol. The topological polar surface area (TPSA) is 60.2 Å². The second kappa shape index (κ2) is 5.18. The Labute approximate surface area is 122 Å². The van der Waals surface area contributed by atoms with E-state index < -0.39 is 6.10 Å². The van der Waals surface area contributed by atoms with Crippen molar-refractivity contribution in [1.29, 1.82) is 0 Å². The number of rotatable bonds is 3. The molecule has 0 fully saturated rings. The molecule has 0 amide bonds. The Morgan fingerprint density at radius 1 is 1.24 bits per heavy atom. The molecule has 0 spiro atoms. The van der Waals surface area contributed by atoms with Gasteiger partial charge in [0, 0.05) is 30.4 Å². The molecule has 3 aromatic rings. The van der Waals surface area contributed by atoms with Crippen LogP contribution in [-0.4, -0.2) is 27.0 Å². The number of hydrogen-bond acceptors (Lipinski definition) is 4. The highest BCUT2D eigenvalue weighted by atomic mass is 16.5. The van der Waals surface area contributed by atoms with Crippen molar-refractivity contribution in [3.8, 4) is 5.88 Å². The third kappa shape index (κ3) is 2.15. The fourth-order valence-electron chi connectivity index (χ4n) is 2.72. The second-order valence-corrected chi connectivity index (χ2v) is 4.98. The summed E-state index contributed by atoms with van der Waals surface area (Å²) < 4.78 is 7.00. The normalized spacial score (nSPS) is 12.6. The van der Waals surface area contributed by atoms with Crippen molar-refractivity contribution in [3.63, 3.8) is 0 Å². The summed E-state index contributed by atoms with van der Waals surface area (Å²) in [5.74, 6) is 0.563. The van der Waals surface area contributed by atoms with Gasteiger partial charge in [0.15, 0.2) is 0 Å². The first-order chi connectivity index (χ1) is 10.1. The number of methoxy groups -OCH3 is 1. The van der Waals surface area contributed by atoms with Gasteiger partial charge in [-0.3, -0.25) is 4.98 Å². The maximum atomic E-state index is 10.8. The minimum Gasteiger partial charge on any atom is -0.481 e. The van der Waals surface area contributed by atoms with Gasteiger partial charge >= 0.3 is 0 Å². The van der Waals surface area contributed by atoms with Crippen molar-refractivity contribution in [2.45, 2.75) is 13.0 Å². The van der Waals surface area contributed by atoms with E-state index in [4.69, 9.17) is 4.74 Å². The number of fused-ring (bicyclic) bond motifs is 1. The quantitative estimate of drug-likeness (QED) is 0.801. The van der Waals surface area contributed by atoms with Crippen molar-refractivity contribution >= 4 is 10.8 Å². The number of aliphatic hydroxyl groups excluding tert-OH is 1. The van der Waals surface area contributed by atoms with Crippen molar-refractivity contribution < 1.29 is 9.84 Å². The summed E-state index contributed by atoms with van der Waals surface area (Å²) in [5, 5.41) is 17.1. The molecule has 1 aromatic carbocycles. The van der Waals surface area contributed by atoms with Crippen molar-refractivity contribution in [1.82, 2.24) is 14.8 Å². The summed E-state index contributed by atoms with van der Waals surface area (Å²) in [6.45, 7) is 1.86. The van der Waals surface area contributed by atoms with Gasteiger partial charge in [-0.05, 0) is 12.3 Å². The Balaban J connectivity index is 2.20. The van der Waals surface area contributed by atoms with Gasteiger partial charge < -0.3 is 9.84 Å². The number of aryl methyl sites for hydroxylation is 2. The predicted molar refractivity (Wildman–Crippen MR) is 80.3 cm³/mol. The highest BCUT2D eigenvalue weighted by Gasteiger charge is 2.24. The number of benzene rings is 1. The molecule has 5 nitrogen and oxygen atoms in total. The molecule has 2 aromatic heterocycles. The van der Waals surface area contributed by atoms with Gasteiger partial charge in [-0.15, -0.1) is 0 Å². The summed E-state index contributed by atoms with van der Waals surface area (Å²) in [6.07, 6.45) is 2.66. The van der Waals surface area contributed by atoms with Gasteiger partial charge in [0.05, 0.1) is 18.4 Å². The smallest absolute Gasteiger partial charge is 0.217 e. The summed E-state index contributed by atoms with van der Waals surface area (Å²) in [5.41, 5.74) is 2.18. The first-order valence-electron chi connectivity index (χ1n) is 6.71. The van der Waals surface area contributed by atoms with Crippen molar-refractivity contribution in [2.75, 3.05) is 7.11 Å². The number of ether oxygens (including phenoxy) is 1. The largest absolute Gasteiger partial charge is 0.481 e. The fraction of sp³-hybridized carbons (Fsp3) is 0.250. The lowest BCUT2D eigenvalue weighted by molar-refractivity contribution is 0.214. The van der Waals surface area contributed by atoms with Crippen molar-refractivity contribution in [3.05, 3.63) is 53.5 Å². The maximum absolute atomic E-state index is 10.8.